The fourth-order valence-corrected chi connectivity index (χ4v) is 1.49. The number of methoxy groups -OCH3 is 1. The Balaban J connectivity index is 2.95. The maximum absolute atomic E-state index is 9.71. The van der Waals surface area contributed by atoms with Gasteiger partial charge in [0.25, 0.3) is 0 Å². The number of hydrogen-bond acceptors (Lipinski definition) is 6. The molecule has 0 spiro atoms. The number of nitrogens with two attached hydrogens (primary N) is 1. The van der Waals surface area contributed by atoms with Crippen molar-refractivity contribution >= 4 is 11.5 Å². The number of likely N-dealkylation sites (N-methyl/N-ethyl adjacent to an activating group) is 1. The third-order valence-corrected chi connectivity index (χ3v) is 2.01. The molecular formula is C10H18N4O2. The zero-order chi connectivity index (χ0) is 12.3. The van der Waals surface area contributed by atoms with Crippen LogP contribution in [0.4, 0.5) is 11.5 Å². The molecule has 0 aliphatic heterocycles. The van der Waals surface area contributed by atoms with E-state index in [0.29, 0.717) is 23.9 Å². The molecule has 0 saturated carbocycles. The molecule has 0 bridgehead atoms. The molecule has 0 aliphatic rings. The normalized spacial score (nSPS) is 11.3. The number of hydrogen-bond donors (Lipinski definition) is 2. The number of ether oxygens (including phenoxy) is 1. The minimum absolute atomic E-state index is 0.340. The van der Waals surface area contributed by atoms with E-state index in [4.69, 9.17) is 10.5 Å². The number of aromatic nitrogens is 2. The summed E-state index contributed by atoms with van der Waals surface area (Å²) in [5.74, 6) is 0.890. The highest BCUT2D eigenvalue weighted by molar-refractivity contribution is 5.67. The van der Waals surface area contributed by atoms with Crippen LogP contribution in [-0.2, 0) is 0 Å². The van der Waals surface area contributed by atoms with Crippen molar-refractivity contribution in [2.24, 2.45) is 0 Å². The summed E-state index contributed by atoms with van der Waals surface area (Å²) in [6.45, 7) is 3.85. The fraction of sp³-hybridized carbons (Fsp3) is 0.600. The Kier molecular flexibility index (Phi) is 3.54. The second kappa shape index (κ2) is 4.52. The van der Waals surface area contributed by atoms with E-state index in [9.17, 15) is 5.11 Å². The average Bonchev–Trinajstić information content (AvgIpc) is 2.15. The van der Waals surface area contributed by atoms with Crippen molar-refractivity contribution in [1.29, 1.82) is 0 Å². The van der Waals surface area contributed by atoms with Crippen LogP contribution in [-0.4, -0.2) is 41.4 Å². The van der Waals surface area contributed by atoms with E-state index in [1.807, 2.05) is 0 Å². The van der Waals surface area contributed by atoms with Gasteiger partial charge in [-0.25, -0.2) is 4.98 Å². The minimum atomic E-state index is -0.820. The summed E-state index contributed by atoms with van der Waals surface area (Å²) < 4.78 is 5.00. The second-order valence-electron chi connectivity index (χ2n) is 4.29. The van der Waals surface area contributed by atoms with E-state index in [1.165, 1.54) is 13.4 Å². The van der Waals surface area contributed by atoms with Gasteiger partial charge in [0.1, 0.15) is 12.0 Å². The molecule has 16 heavy (non-hydrogen) atoms. The second-order valence-corrected chi connectivity index (χ2v) is 4.29. The highest BCUT2D eigenvalue weighted by Gasteiger charge is 2.19. The number of anilines is 2. The first-order chi connectivity index (χ1) is 7.35. The van der Waals surface area contributed by atoms with Crippen molar-refractivity contribution in [3.8, 4) is 5.88 Å². The van der Waals surface area contributed by atoms with Crippen molar-refractivity contribution in [1.82, 2.24) is 9.97 Å². The smallest absolute Gasteiger partial charge is 0.242 e. The first kappa shape index (κ1) is 12.5. The Morgan fingerprint density at radius 2 is 2.12 bits per heavy atom. The van der Waals surface area contributed by atoms with Gasteiger partial charge in [-0.3, -0.25) is 0 Å². The largest absolute Gasteiger partial charge is 0.479 e. The Labute approximate surface area is 95.1 Å². The minimum Gasteiger partial charge on any atom is -0.479 e. The van der Waals surface area contributed by atoms with E-state index in [2.05, 4.69) is 9.97 Å². The maximum Gasteiger partial charge on any atom is 0.242 e. The molecule has 1 aromatic heterocycles. The zero-order valence-electron chi connectivity index (χ0n) is 10.1. The summed E-state index contributed by atoms with van der Waals surface area (Å²) in [7, 11) is 3.30. The van der Waals surface area contributed by atoms with Crippen molar-refractivity contribution in [3.05, 3.63) is 6.33 Å². The molecule has 0 radical (unpaired) electrons. The first-order valence-electron chi connectivity index (χ1n) is 4.93. The lowest BCUT2D eigenvalue weighted by molar-refractivity contribution is 0.0885. The van der Waals surface area contributed by atoms with Crippen LogP contribution >= 0.6 is 0 Å². The van der Waals surface area contributed by atoms with Gasteiger partial charge in [-0.1, -0.05) is 0 Å². The predicted octanol–water partition coefficient (Wildman–Crippen LogP) is 0.274. The fourth-order valence-electron chi connectivity index (χ4n) is 1.49. The molecule has 0 atom stereocenters. The molecule has 3 N–H and O–H groups in total. The summed E-state index contributed by atoms with van der Waals surface area (Å²) in [5.41, 5.74) is 5.39. The van der Waals surface area contributed by atoms with Gasteiger partial charge < -0.3 is 20.5 Å². The highest BCUT2D eigenvalue weighted by atomic mass is 16.5. The van der Waals surface area contributed by atoms with Gasteiger partial charge >= 0.3 is 0 Å². The Morgan fingerprint density at radius 1 is 1.50 bits per heavy atom. The van der Waals surface area contributed by atoms with Crippen LogP contribution in [0.15, 0.2) is 6.33 Å². The Bertz CT molecular complexity index is 362. The SMILES string of the molecule is COc1ncnc(N(C)CC(C)(C)O)c1N. The van der Waals surface area contributed by atoms with Crippen LogP contribution in [0, 0.1) is 0 Å². The van der Waals surface area contributed by atoms with Gasteiger partial charge in [0, 0.05) is 13.6 Å². The van der Waals surface area contributed by atoms with Crippen molar-refractivity contribution < 1.29 is 9.84 Å². The number of nitrogens with zero attached hydrogens (tertiary/aromatic N) is 3. The summed E-state index contributed by atoms with van der Waals surface area (Å²) in [6.07, 6.45) is 1.38. The molecule has 0 aliphatic carbocycles. The summed E-state index contributed by atoms with van der Waals surface area (Å²) in [5, 5.41) is 9.71. The lowest BCUT2D eigenvalue weighted by atomic mass is 10.1. The standard InChI is InChI=1S/C10H18N4O2/c1-10(2,15)5-14(3)8-7(11)9(16-4)13-6-12-8/h6,15H,5,11H2,1-4H3. The Morgan fingerprint density at radius 3 is 2.62 bits per heavy atom. The van der Waals surface area contributed by atoms with Crippen molar-refractivity contribution in [2.75, 3.05) is 31.3 Å². The molecule has 0 amide bonds. The molecular weight excluding hydrogens is 208 g/mol. The lowest BCUT2D eigenvalue weighted by Gasteiger charge is -2.27. The third-order valence-electron chi connectivity index (χ3n) is 2.01. The van der Waals surface area contributed by atoms with Crippen molar-refractivity contribution in [3.63, 3.8) is 0 Å². The van der Waals surface area contributed by atoms with Crippen LogP contribution in [0.5, 0.6) is 5.88 Å². The van der Waals surface area contributed by atoms with Crippen LogP contribution in [0.25, 0.3) is 0 Å². The Hall–Kier alpha value is -1.56. The van der Waals surface area contributed by atoms with Crippen LogP contribution < -0.4 is 15.4 Å². The third kappa shape index (κ3) is 2.96. The molecule has 0 unspecified atom stereocenters. The molecule has 1 heterocycles. The van der Waals surface area contributed by atoms with E-state index in [1.54, 1.807) is 25.8 Å². The molecule has 1 rings (SSSR count). The van der Waals surface area contributed by atoms with Crippen LogP contribution in [0.3, 0.4) is 0 Å². The number of aliphatic hydroxyl groups is 1. The molecule has 0 saturated heterocycles. The molecule has 6 nitrogen and oxygen atoms in total. The topological polar surface area (TPSA) is 84.5 Å². The van der Waals surface area contributed by atoms with Gasteiger partial charge in [-0.2, -0.15) is 4.98 Å². The van der Waals surface area contributed by atoms with Crippen molar-refractivity contribution in [2.45, 2.75) is 19.4 Å². The van der Waals surface area contributed by atoms with E-state index < -0.39 is 5.60 Å². The summed E-state index contributed by atoms with van der Waals surface area (Å²) >= 11 is 0. The number of rotatable bonds is 4. The highest BCUT2D eigenvalue weighted by Crippen LogP contribution is 2.27. The number of nitrogen functional groups attached to an aromatic ring is 1. The van der Waals surface area contributed by atoms with E-state index in [-0.39, 0.29) is 0 Å². The average molecular weight is 226 g/mol. The molecule has 0 fully saturated rings. The predicted molar refractivity (Wildman–Crippen MR) is 62.6 cm³/mol. The summed E-state index contributed by atoms with van der Waals surface area (Å²) in [4.78, 5) is 9.72. The van der Waals surface area contributed by atoms with Gasteiger partial charge in [-0.15, -0.1) is 0 Å². The molecule has 1 aromatic rings. The van der Waals surface area contributed by atoms with Gasteiger partial charge in [-0.05, 0) is 13.8 Å². The van der Waals surface area contributed by atoms with Gasteiger partial charge in [0.2, 0.25) is 5.88 Å². The quantitative estimate of drug-likeness (QED) is 0.767. The molecule has 6 heteroatoms. The van der Waals surface area contributed by atoms with E-state index >= 15 is 0 Å². The van der Waals surface area contributed by atoms with Gasteiger partial charge in [0.15, 0.2) is 5.82 Å². The van der Waals surface area contributed by atoms with Crippen LogP contribution in [0.1, 0.15) is 13.8 Å². The van der Waals surface area contributed by atoms with E-state index in [0.717, 1.165) is 0 Å². The van der Waals surface area contributed by atoms with Gasteiger partial charge in [0.05, 0.1) is 12.7 Å². The zero-order valence-corrected chi connectivity index (χ0v) is 10.1. The molecule has 0 aromatic carbocycles. The lowest BCUT2D eigenvalue weighted by Crippen LogP contribution is -2.37. The molecule has 90 valence electrons. The summed E-state index contributed by atoms with van der Waals surface area (Å²) in [6, 6.07) is 0. The monoisotopic (exact) mass is 226 g/mol. The maximum atomic E-state index is 9.71. The first-order valence-corrected chi connectivity index (χ1v) is 4.93. The van der Waals surface area contributed by atoms with Crippen LogP contribution in [0.2, 0.25) is 0 Å².